The molecule has 0 spiro atoms. The normalized spacial score (nSPS) is 8.00. The van der Waals surface area contributed by atoms with Crippen LogP contribution in [0.5, 0.6) is 0 Å². The van der Waals surface area contributed by atoms with Crippen molar-refractivity contribution in [3.05, 3.63) is 44.8 Å². The first-order chi connectivity index (χ1) is 6.86. The Morgan fingerprint density at radius 3 is 2.13 bits per heavy atom. The molecule has 0 radical (unpaired) electrons. The fourth-order valence-electron chi connectivity index (χ4n) is 0.737. The summed E-state index contributed by atoms with van der Waals surface area (Å²) in [5.74, 6) is 0. The molecular formula is C10H11ClN2S2. The maximum Gasteiger partial charge on any atom is 0.1000 e. The summed E-state index contributed by atoms with van der Waals surface area (Å²) >= 11 is 3.23. The van der Waals surface area contributed by atoms with Gasteiger partial charge in [0.2, 0.25) is 0 Å². The van der Waals surface area contributed by atoms with E-state index in [9.17, 15) is 0 Å². The molecule has 0 saturated heterocycles. The Labute approximate surface area is 103 Å². The highest BCUT2D eigenvalue weighted by Gasteiger charge is 1.82. The highest BCUT2D eigenvalue weighted by atomic mass is 35.5. The minimum Gasteiger partial charge on any atom is -0.326 e. The minimum atomic E-state index is 0. The van der Waals surface area contributed by atoms with Gasteiger partial charge in [-0.3, -0.25) is 0 Å². The van der Waals surface area contributed by atoms with Gasteiger partial charge in [0.1, 0.15) is 0 Å². The quantitative estimate of drug-likeness (QED) is 0.854. The molecule has 2 heterocycles. The molecule has 2 aromatic rings. The van der Waals surface area contributed by atoms with Crippen molar-refractivity contribution in [2.75, 3.05) is 0 Å². The summed E-state index contributed by atoms with van der Waals surface area (Å²) in [4.78, 5) is 0. The summed E-state index contributed by atoms with van der Waals surface area (Å²) in [5.41, 5.74) is 7.28. The molecule has 0 aliphatic rings. The fourth-order valence-corrected chi connectivity index (χ4v) is 2.00. The van der Waals surface area contributed by atoms with Crippen molar-refractivity contribution in [3.63, 3.8) is 0 Å². The van der Waals surface area contributed by atoms with Crippen LogP contribution in [-0.4, -0.2) is 0 Å². The Bertz CT molecular complexity index is 376. The van der Waals surface area contributed by atoms with E-state index in [1.54, 1.807) is 28.7 Å². The van der Waals surface area contributed by atoms with Crippen LogP contribution >= 0.6 is 35.1 Å². The van der Waals surface area contributed by atoms with Gasteiger partial charge in [0.15, 0.2) is 0 Å². The zero-order chi connectivity index (χ0) is 10.2. The maximum absolute atomic E-state index is 8.18. The van der Waals surface area contributed by atoms with E-state index in [1.165, 1.54) is 5.56 Å². The zero-order valence-electron chi connectivity index (χ0n) is 7.92. The molecule has 0 saturated carbocycles. The number of thiophene rings is 2. The lowest BCUT2D eigenvalue weighted by Gasteiger charge is -1.79. The molecule has 5 heteroatoms. The van der Waals surface area contributed by atoms with Crippen molar-refractivity contribution in [3.8, 4) is 6.07 Å². The lowest BCUT2D eigenvalue weighted by molar-refractivity contribution is 1.08. The minimum absolute atomic E-state index is 0. The fraction of sp³-hybridized carbons (Fsp3) is 0.100. The Balaban J connectivity index is 0.000000245. The number of nitriles is 1. The second kappa shape index (κ2) is 8.45. The first-order valence-corrected chi connectivity index (χ1v) is 5.89. The Hall–Kier alpha value is -0.860. The van der Waals surface area contributed by atoms with E-state index in [0.717, 1.165) is 5.56 Å². The number of hydrogen-bond acceptors (Lipinski definition) is 4. The van der Waals surface area contributed by atoms with Gasteiger partial charge in [0.05, 0.1) is 11.6 Å². The van der Waals surface area contributed by atoms with Crippen LogP contribution in [-0.2, 0) is 6.54 Å². The smallest absolute Gasteiger partial charge is 0.1000 e. The van der Waals surface area contributed by atoms with Crippen LogP contribution in [0.1, 0.15) is 11.1 Å². The van der Waals surface area contributed by atoms with Crippen LogP contribution in [0, 0.1) is 11.3 Å². The van der Waals surface area contributed by atoms with E-state index in [2.05, 4.69) is 5.38 Å². The SMILES string of the molecule is Cl.N#Cc1ccsc1.NCc1ccsc1. The highest BCUT2D eigenvalue weighted by molar-refractivity contribution is 7.08. The molecule has 0 atom stereocenters. The number of halogens is 1. The second-order valence-electron chi connectivity index (χ2n) is 2.46. The predicted octanol–water partition coefficient (Wildman–Crippen LogP) is 3.25. The van der Waals surface area contributed by atoms with Crippen molar-refractivity contribution < 1.29 is 0 Å². The number of nitrogens with zero attached hydrogens (tertiary/aromatic N) is 1. The Morgan fingerprint density at radius 1 is 1.20 bits per heavy atom. The Morgan fingerprint density at radius 2 is 1.87 bits per heavy atom. The third kappa shape index (κ3) is 5.55. The van der Waals surface area contributed by atoms with Crippen molar-refractivity contribution in [2.45, 2.75) is 6.54 Å². The molecule has 15 heavy (non-hydrogen) atoms. The van der Waals surface area contributed by atoms with Crippen LogP contribution in [0.2, 0.25) is 0 Å². The first kappa shape index (κ1) is 14.1. The van der Waals surface area contributed by atoms with Gasteiger partial charge in [-0.25, -0.2) is 0 Å². The molecule has 2 N–H and O–H groups in total. The van der Waals surface area contributed by atoms with Crippen LogP contribution in [0.4, 0.5) is 0 Å². The van der Waals surface area contributed by atoms with Gasteiger partial charge in [0.25, 0.3) is 0 Å². The molecule has 0 aromatic carbocycles. The third-order valence-corrected chi connectivity index (χ3v) is 2.88. The van der Waals surface area contributed by atoms with E-state index in [0.29, 0.717) is 6.54 Å². The van der Waals surface area contributed by atoms with E-state index in [-0.39, 0.29) is 12.4 Å². The number of nitrogens with two attached hydrogens (primary N) is 1. The predicted molar refractivity (Wildman–Crippen MR) is 68.5 cm³/mol. The summed E-state index contributed by atoms with van der Waals surface area (Å²) in [5, 5.41) is 16.0. The third-order valence-electron chi connectivity index (χ3n) is 1.47. The standard InChI is InChI=1S/C5H7NS.C5H3NS.ClH/c2*6-3-5-1-2-7-4-5;/h1-2,4H,3,6H2;1-2,4H;1H. The van der Waals surface area contributed by atoms with Crippen molar-refractivity contribution in [1.82, 2.24) is 0 Å². The second-order valence-corrected chi connectivity index (χ2v) is 4.02. The topological polar surface area (TPSA) is 49.8 Å². The molecular weight excluding hydrogens is 248 g/mol. The van der Waals surface area contributed by atoms with E-state index in [4.69, 9.17) is 11.0 Å². The average Bonchev–Trinajstić information content (AvgIpc) is 2.92. The van der Waals surface area contributed by atoms with Crippen LogP contribution in [0.15, 0.2) is 33.7 Å². The molecule has 0 amide bonds. The zero-order valence-corrected chi connectivity index (χ0v) is 10.4. The summed E-state index contributed by atoms with van der Waals surface area (Å²) in [6.07, 6.45) is 0. The van der Waals surface area contributed by atoms with Crippen LogP contribution in [0.25, 0.3) is 0 Å². The monoisotopic (exact) mass is 258 g/mol. The van der Waals surface area contributed by atoms with Gasteiger partial charge >= 0.3 is 0 Å². The molecule has 0 aliphatic carbocycles. The first-order valence-electron chi connectivity index (χ1n) is 4.00. The van der Waals surface area contributed by atoms with E-state index in [1.807, 2.05) is 28.3 Å². The summed E-state index contributed by atoms with van der Waals surface area (Å²) < 4.78 is 0. The molecule has 2 aromatic heterocycles. The van der Waals surface area contributed by atoms with Crippen molar-refractivity contribution in [2.24, 2.45) is 5.73 Å². The molecule has 2 rings (SSSR count). The van der Waals surface area contributed by atoms with Crippen LogP contribution < -0.4 is 5.73 Å². The van der Waals surface area contributed by atoms with Crippen LogP contribution in [0.3, 0.4) is 0 Å². The molecule has 0 fully saturated rings. The number of hydrogen-bond donors (Lipinski definition) is 1. The maximum atomic E-state index is 8.18. The molecule has 2 nitrogen and oxygen atoms in total. The molecule has 0 aliphatic heterocycles. The molecule has 0 bridgehead atoms. The van der Waals surface area contributed by atoms with Gasteiger partial charge in [-0.15, -0.1) is 12.4 Å². The Kier molecular flexibility index (Phi) is 7.96. The summed E-state index contributed by atoms with van der Waals surface area (Å²) in [6.45, 7) is 0.670. The number of rotatable bonds is 1. The van der Waals surface area contributed by atoms with E-state index >= 15 is 0 Å². The van der Waals surface area contributed by atoms with Crippen molar-refractivity contribution >= 4 is 35.1 Å². The summed E-state index contributed by atoms with van der Waals surface area (Å²) in [7, 11) is 0. The van der Waals surface area contributed by atoms with Crippen molar-refractivity contribution in [1.29, 1.82) is 5.26 Å². The average molecular weight is 259 g/mol. The van der Waals surface area contributed by atoms with Gasteiger partial charge in [-0.2, -0.15) is 27.9 Å². The lowest BCUT2D eigenvalue weighted by Crippen LogP contribution is -1.92. The summed E-state index contributed by atoms with van der Waals surface area (Å²) in [6, 6.07) is 5.85. The molecule has 0 unspecified atom stereocenters. The van der Waals surface area contributed by atoms with Gasteiger partial charge in [-0.05, 0) is 33.8 Å². The van der Waals surface area contributed by atoms with E-state index < -0.39 is 0 Å². The van der Waals surface area contributed by atoms with Gasteiger partial charge in [0, 0.05) is 11.9 Å². The van der Waals surface area contributed by atoms with Gasteiger partial charge in [-0.1, -0.05) is 0 Å². The van der Waals surface area contributed by atoms with Gasteiger partial charge < -0.3 is 5.73 Å². The lowest BCUT2D eigenvalue weighted by atomic mass is 10.4. The largest absolute Gasteiger partial charge is 0.326 e. The highest BCUT2D eigenvalue weighted by Crippen LogP contribution is 2.03. The molecule has 80 valence electrons.